The number of hydrogen-bond acceptors (Lipinski definition) is 3. The number of rotatable bonds is 4. The zero-order valence-electron chi connectivity index (χ0n) is 10.7. The second-order valence-electron chi connectivity index (χ2n) is 4.98. The fraction of sp³-hybridized carbons (Fsp3) is 0.571. The van der Waals surface area contributed by atoms with Crippen LogP contribution in [0.4, 0.5) is 10.1 Å². The fourth-order valence-electron chi connectivity index (χ4n) is 2.46. The fourth-order valence-corrected chi connectivity index (χ4v) is 2.46. The standard InChI is InChI=1S/C14H20FNO2/c1-18-13-9-11(15)5-6-12(13)16-10-14(17)7-3-2-4-8-14/h5-6,9,16-17H,2-4,7-8,10H2,1H3. The normalized spacial score (nSPS) is 18.4. The molecule has 0 heterocycles. The van der Waals surface area contributed by atoms with Crippen LogP contribution in [0.5, 0.6) is 5.75 Å². The van der Waals surface area contributed by atoms with Crippen molar-refractivity contribution < 1.29 is 14.2 Å². The van der Waals surface area contributed by atoms with E-state index in [1.165, 1.54) is 25.7 Å². The van der Waals surface area contributed by atoms with Gasteiger partial charge in [-0.05, 0) is 25.0 Å². The predicted molar refractivity (Wildman–Crippen MR) is 69.5 cm³/mol. The van der Waals surface area contributed by atoms with Crippen LogP contribution in [-0.4, -0.2) is 24.4 Å². The summed E-state index contributed by atoms with van der Waals surface area (Å²) in [5, 5.41) is 13.5. The molecule has 1 saturated carbocycles. The van der Waals surface area contributed by atoms with Crippen LogP contribution in [-0.2, 0) is 0 Å². The summed E-state index contributed by atoms with van der Waals surface area (Å²) in [6.45, 7) is 0.481. The highest BCUT2D eigenvalue weighted by Gasteiger charge is 2.28. The number of aliphatic hydroxyl groups is 1. The summed E-state index contributed by atoms with van der Waals surface area (Å²) in [5.74, 6) is 0.142. The van der Waals surface area contributed by atoms with E-state index in [-0.39, 0.29) is 5.82 Å². The summed E-state index contributed by atoms with van der Waals surface area (Å²) in [5.41, 5.74) is 0.0791. The first-order chi connectivity index (χ1) is 8.63. The summed E-state index contributed by atoms with van der Waals surface area (Å²) in [4.78, 5) is 0. The zero-order valence-corrected chi connectivity index (χ0v) is 10.7. The predicted octanol–water partition coefficient (Wildman–Crippen LogP) is 2.94. The maximum absolute atomic E-state index is 13.0. The Labute approximate surface area is 107 Å². The van der Waals surface area contributed by atoms with E-state index in [0.29, 0.717) is 12.3 Å². The Morgan fingerprint density at radius 3 is 2.72 bits per heavy atom. The van der Waals surface area contributed by atoms with Gasteiger partial charge in [0.2, 0.25) is 0 Å². The minimum absolute atomic E-state index is 0.325. The van der Waals surface area contributed by atoms with Crippen molar-refractivity contribution in [1.82, 2.24) is 0 Å². The summed E-state index contributed by atoms with van der Waals surface area (Å²) in [6.07, 6.45) is 4.98. The lowest BCUT2D eigenvalue weighted by atomic mass is 9.85. The Morgan fingerprint density at radius 2 is 2.06 bits per heavy atom. The zero-order chi connectivity index (χ0) is 13.0. The molecule has 0 spiro atoms. The molecule has 0 aromatic heterocycles. The molecule has 1 aromatic carbocycles. The molecule has 0 aliphatic heterocycles. The average Bonchev–Trinajstić information content (AvgIpc) is 2.38. The second kappa shape index (κ2) is 5.57. The molecule has 2 rings (SSSR count). The molecule has 0 bridgehead atoms. The average molecular weight is 253 g/mol. The highest BCUT2D eigenvalue weighted by molar-refractivity contribution is 5.56. The Hall–Kier alpha value is -1.29. The number of benzene rings is 1. The molecule has 4 heteroatoms. The van der Waals surface area contributed by atoms with Crippen LogP contribution in [0.2, 0.25) is 0 Å². The number of ether oxygens (including phenoxy) is 1. The molecule has 0 unspecified atom stereocenters. The molecule has 0 radical (unpaired) electrons. The second-order valence-corrected chi connectivity index (χ2v) is 4.98. The van der Waals surface area contributed by atoms with E-state index in [1.807, 2.05) is 0 Å². The minimum atomic E-state index is -0.641. The van der Waals surface area contributed by atoms with Gasteiger partial charge in [-0.2, -0.15) is 0 Å². The molecule has 1 aliphatic rings. The van der Waals surface area contributed by atoms with Gasteiger partial charge in [-0.1, -0.05) is 19.3 Å². The van der Waals surface area contributed by atoms with Gasteiger partial charge >= 0.3 is 0 Å². The van der Waals surface area contributed by atoms with Gasteiger partial charge in [-0.3, -0.25) is 0 Å². The first kappa shape index (κ1) is 13.1. The Bertz CT molecular complexity index is 403. The molecule has 1 aromatic rings. The SMILES string of the molecule is COc1cc(F)ccc1NCC1(O)CCCCC1. The number of halogens is 1. The van der Waals surface area contributed by atoms with Crippen LogP contribution in [0.1, 0.15) is 32.1 Å². The van der Waals surface area contributed by atoms with Gasteiger partial charge < -0.3 is 15.2 Å². The molecule has 3 nitrogen and oxygen atoms in total. The largest absolute Gasteiger partial charge is 0.494 e. The van der Waals surface area contributed by atoms with Crippen LogP contribution >= 0.6 is 0 Å². The molecule has 0 saturated heterocycles. The Morgan fingerprint density at radius 1 is 1.33 bits per heavy atom. The van der Waals surface area contributed by atoms with Crippen LogP contribution in [0, 0.1) is 5.82 Å². The molecule has 1 fully saturated rings. The number of hydrogen-bond donors (Lipinski definition) is 2. The minimum Gasteiger partial charge on any atom is -0.494 e. The summed E-state index contributed by atoms with van der Waals surface area (Å²) >= 11 is 0. The van der Waals surface area contributed by atoms with Crippen LogP contribution in [0.3, 0.4) is 0 Å². The number of methoxy groups -OCH3 is 1. The van der Waals surface area contributed by atoms with Gasteiger partial charge in [-0.25, -0.2) is 4.39 Å². The van der Waals surface area contributed by atoms with Crippen molar-refractivity contribution >= 4 is 5.69 Å². The first-order valence-corrected chi connectivity index (χ1v) is 6.43. The lowest BCUT2D eigenvalue weighted by Crippen LogP contribution is -2.38. The summed E-state index contributed by atoms with van der Waals surface area (Å²) in [7, 11) is 1.51. The highest BCUT2D eigenvalue weighted by atomic mass is 19.1. The lowest BCUT2D eigenvalue weighted by Gasteiger charge is -2.32. The van der Waals surface area contributed by atoms with E-state index in [4.69, 9.17) is 4.74 Å². The van der Waals surface area contributed by atoms with Gasteiger partial charge in [0.1, 0.15) is 11.6 Å². The number of nitrogens with one attached hydrogen (secondary N) is 1. The van der Waals surface area contributed by atoms with Crippen molar-refractivity contribution in [2.75, 3.05) is 19.0 Å². The topological polar surface area (TPSA) is 41.5 Å². The van der Waals surface area contributed by atoms with Gasteiger partial charge in [0.15, 0.2) is 0 Å². The van der Waals surface area contributed by atoms with Gasteiger partial charge in [0.05, 0.1) is 18.4 Å². The molecule has 0 amide bonds. The van der Waals surface area contributed by atoms with Crippen molar-refractivity contribution in [3.8, 4) is 5.75 Å². The first-order valence-electron chi connectivity index (χ1n) is 6.43. The van der Waals surface area contributed by atoms with Crippen molar-refractivity contribution in [1.29, 1.82) is 0 Å². The maximum Gasteiger partial charge on any atom is 0.144 e. The Balaban J connectivity index is 2.01. The Kier molecular flexibility index (Phi) is 4.07. The van der Waals surface area contributed by atoms with E-state index in [0.717, 1.165) is 31.4 Å². The maximum atomic E-state index is 13.0. The summed E-state index contributed by atoms with van der Waals surface area (Å²) < 4.78 is 18.2. The molecule has 0 atom stereocenters. The molecule has 100 valence electrons. The quantitative estimate of drug-likeness (QED) is 0.867. The van der Waals surface area contributed by atoms with Crippen LogP contribution in [0.25, 0.3) is 0 Å². The van der Waals surface area contributed by atoms with Crippen molar-refractivity contribution in [3.63, 3.8) is 0 Å². The number of anilines is 1. The van der Waals surface area contributed by atoms with Gasteiger partial charge in [0.25, 0.3) is 0 Å². The van der Waals surface area contributed by atoms with E-state index >= 15 is 0 Å². The summed E-state index contributed by atoms with van der Waals surface area (Å²) in [6, 6.07) is 4.36. The van der Waals surface area contributed by atoms with Gasteiger partial charge in [0, 0.05) is 12.6 Å². The van der Waals surface area contributed by atoms with E-state index in [1.54, 1.807) is 6.07 Å². The monoisotopic (exact) mass is 253 g/mol. The highest BCUT2D eigenvalue weighted by Crippen LogP contribution is 2.30. The molecule has 1 aliphatic carbocycles. The smallest absolute Gasteiger partial charge is 0.144 e. The third kappa shape index (κ3) is 3.13. The molecule has 2 N–H and O–H groups in total. The van der Waals surface area contributed by atoms with Crippen LogP contribution < -0.4 is 10.1 Å². The lowest BCUT2D eigenvalue weighted by molar-refractivity contribution is 0.0167. The van der Waals surface area contributed by atoms with E-state index < -0.39 is 5.60 Å². The van der Waals surface area contributed by atoms with Crippen LogP contribution in [0.15, 0.2) is 18.2 Å². The molecular weight excluding hydrogens is 233 g/mol. The molecular formula is C14H20FNO2. The van der Waals surface area contributed by atoms with Gasteiger partial charge in [-0.15, -0.1) is 0 Å². The third-order valence-electron chi connectivity index (χ3n) is 3.56. The van der Waals surface area contributed by atoms with Crippen molar-refractivity contribution in [2.24, 2.45) is 0 Å². The van der Waals surface area contributed by atoms with E-state index in [2.05, 4.69) is 5.32 Å². The molecule has 18 heavy (non-hydrogen) atoms. The van der Waals surface area contributed by atoms with Crippen molar-refractivity contribution in [3.05, 3.63) is 24.0 Å². The van der Waals surface area contributed by atoms with Crippen molar-refractivity contribution in [2.45, 2.75) is 37.7 Å². The third-order valence-corrected chi connectivity index (χ3v) is 3.56. The van der Waals surface area contributed by atoms with E-state index in [9.17, 15) is 9.50 Å².